The maximum atomic E-state index is 11.8. The van der Waals surface area contributed by atoms with Crippen LogP contribution >= 0.6 is 0 Å². The zero-order valence-electron chi connectivity index (χ0n) is 16.1. The molecule has 0 aromatic heterocycles. The Morgan fingerprint density at radius 1 is 0.840 bits per heavy atom. The summed E-state index contributed by atoms with van der Waals surface area (Å²) >= 11 is 0. The molecule has 0 saturated heterocycles. The minimum atomic E-state index is -0.947. The molecule has 7 nitrogen and oxygen atoms in total. The number of rotatable bonds is 14. The fourth-order valence-electron chi connectivity index (χ4n) is 2.55. The highest BCUT2D eigenvalue weighted by Crippen LogP contribution is 2.05. The second kappa shape index (κ2) is 13.6. The van der Waals surface area contributed by atoms with Crippen molar-refractivity contribution in [1.29, 1.82) is 0 Å². The number of carboxylic acid groups (broad SMARTS) is 1. The molecule has 0 rings (SSSR count). The Kier molecular flexibility index (Phi) is 12.7. The maximum Gasteiger partial charge on any atom is 0.305 e. The van der Waals surface area contributed by atoms with E-state index in [1.165, 1.54) is 0 Å². The first-order valence-electron chi connectivity index (χ1n) is 9.18. The lowest BCUT2D eigenvalue weighted by Gasteiger charge is -2.25. The number of nitrogens with zero attached hydrogens (tertiary/aromatic N) is 1. The molecule has 0 spiro atoms. The van der Waals surface area contributed by atoms with Crippen molar-refractivity contribution in [2.45, 2.75) is 53.4 Å². The van der Waals surface area contributed by atoms with Gasteiger partial charge < -0.3 is 20.6 Å². The summed E-state index contributed by atoms with van der Waals surface area (Å²) in [5.41, 5.74) is 0. The molecule has 0 fully saturated rings. The first-order valence-corrected chi connectivity index (χ1v) is 9.18. The van der Waals surface area contributed by atoms with Crippen molar-refractivity contribution in [2.75, 3.05) is 32.7 Å². The number of hydrogen-bond donors (Lipinski definition) is 3. The van der Waals surface area contributed by atoms with E-state index in [0.717, 1.165) is 26.1 Å². The van der Waals surface area contributed by atoms with E-state index in [9.17, 15) is 14.4 Å². The van der Waals surface area contributed by atoms with Gasteiger partial charge in [-0.3, -0.25) is 14.4 Å². The van der Waals surface area contributed by atoms with Gasteiger partial charge in [-0.05, 0) is 24.8 Å². The van der Waals surface area contributed by atoms with Crippen LogP contribution in [0.1, 0.15) is 53.4 Å². The predicted octanol–water partition coefficient (Wildman–Crippen LogP) is 1.48. The molecular weight excluding hydrogens is 322 g/mol. The molecule has 0 heterocycles. The van der Waals surface area contributed by atoms with Gasteiger partial charge in [0.25, 0.3) is 0 Å². The third-order valence-corrected chi connectivity index (χ3v) is 3.46. The van der Waals surface area contributed by atoms with Crippen LogP contribution < -0.4 is 10.6 Å². The van der Waals surface area contributed by atoms with E-state index < -0.39 is 5.97 Å². The molecule has 0 unspecified atom stereocenters. The summed E-state index contributed by atoms with van der Waals surface area (Å²) in [6, 6.07) is 0. The Hall–Kier alpha value is -1.63. The van der Waals surface area contributed by atoms with Gasteiger partial charge in [0, 0.05) is 39.0 Å². The Morgan fingerprint density at radius 3 is 1.80 bits per heavy atom. The number of carbonyl (C=O) groups is 3. The Balaban J connectivity index is 3.83. The smallest absolute Gasteiger partial charge is 0.305 e. The van der Waals surface area contributed by atoms with Gasteiger partial charge >= 0.3 is 5.97 Å². The van der Waals surface area contributed by atoms with Crippen LogP contribution in [0.4, 0.5) is 0 Å². The van der Waals surface area contributed by atoms with Crippen LogP contribution in [-0.2, 0) is 14.4 Å². The van der Waals surface area contributed by atoms with Gasteiger partial charge in [-0.25, -0.2) is 0 Å². The number of carbonyl (C=O) groups excluding carboxylic acids is 2. The molecule has 0 atom stereocenters. The third kappa shape index (κ3) is 15.6. The van der Waals surface area contributed by atoms with E-state index >= 15 is 0 Å². The molecule has 0 saturated carbocycles. The van der Waals surface area contributed by atoms with E-state index in [1.807, 2.05) is 0 Å². The summed E-state index contributed by atoms with van der Waals surface area (Å²) in [4.78, 5) is 36.0. The monoisotopic (exact) mass is 357 g/mol. The van der Waals surface area contributed by atoms with Crippen LogP contribution in [-0.4, -0.2) is 60.5 Å². The molecule has 3 N–H and O–H groups in total. The summed E-state index contributed by atoms with van der Waals surface area (Å²) in [7, 11) is 0. The van der Waals surface area contributed by atoms with E-state index in [-0.39, 0.29) is 37.7 Å². The van der Waals surface area contributed by atoms with Gasteiger partial charge in [0.15, 0.2) is 0 Å². The van der Waals surface area contributed by atoms with Crippen molar-refractivity contribution < 1.29 is 19.5 Å². The average molecular weight is 357 g/mol. The summed E-state index contributed by atoms with van der Waals surface area (Å²) < 4.78 is 0. The zero-order valence-corrected chi connectivity index (χ0v) is 16.1. The largest absolute Gasteiger partial charge is 0.481 e. The lowest BCUT2D eigenvalue weighted by Crippen LogP contribution is -2.34. The third-order valence-electron chi connectivity index (χ3n) is 3.46. The lowest BCUT2D eigenvalue weighted by molar-refractivity contribution is -0.137. The first-order chi connectivity index (χ1) is 11.7. The van der Waals surface area contributed by atoms with E-state index in [2.05, 4.69) is 43.2 Å². The second-order valence-electron chi connectivity index (χ2n) is 7.24. The SMILES string of the molecule is CC(C)CN(CCCC(=O)NCCC(=O)NCCC(=O)O)CC(C)C. The van der Waals surface area contributed by atoms with Crippen molar-refractivity contribution in [2.24, 2.45) is 11.8 Å². The van der Waals surface area contributed by atoms with Crippen molar-refractivity contribution in [3.8, 4) is 0 Å². The van der Waals surface area contributed by atoms with Crippen LogP contribution in [0, 0.1) is 11.8 Å². The molecule has 0 radical (unpaired) electrons. The minimum Gasteiger partial charge on any atom is -0.481 e. The van der Waals surface area contributed by atoms with Crippen molar-refractivity contribution in [3.63, 3.8) is 0 Å². The number of hydrogen-bond acceptors (Lipinski definition) is 4. The van der Waals surface area contributed by atoms with Gasteiger partial charge in [-0.15, -0.1) is 0 Å². The first kappa shape index (κ1) is 23.4. The number of carboxylic acids is 1. The van der Waals surface area contributed by atoms with Crippen LogP contribution in [0.3, 0.4) is 0 Å². The Labute approximate surface area is 151 Å². The van der Waals surface area contributed by atoms with E-state index in [1.54, 1.807) is 0 Å². The molecule has 0 aliphatic rings. The highest BCUT2D eigenvalue weighted by molar-refractivity contribution is 5.79. The number of nitrogens with one attached hydrogen (secondary N) is 2. The van der Waals surface area contributed by atoms with Gasteiger partial charge in [0.2, 0.25) is 11.8 Å². The maximum absolute atomic E-state index is 11.8. The summed E-state index contributed by atoms with van der Waals surface area (Å²) in [5, 5.41) is 13.7. The quantitative estimate of drug-likeness (QED) is 0.437. The molecule has 0 aromatic carbocycles. The van der Waals surface area contributed by atoms with Crippen molar-refractivity contribution in [1.82, 2.24) is 15.5 Å². The summed E-state index contributed by atoms with van der Waals surface area (Å²) in [6.45, 7) is 12.2. The molecule has 0 aromatic rings. The van der Waals surface area contributed by atoms with Gasteiger partial charge in [-0.2, -0.15) is 0 Å². The zero-order chi connectivity index (χ0) is 19.2. The molecule has 7 heteroatoms. The van der Waals surface area contributed by atoms with E-state index in [0.29, 0.717) is 18.3 Å². The predicted molar refractivity (Wildman–Crippen MR) is 98.2 cm³/mol. The fraction of sp³-hybridized carbons (Fsp3) is 0.833. The molecule has 25 heavy (non-hydrogen) atoms. The highest BCUT2D eigenvalue weighted by Gasteiger charge is 2.10. The van der Waals surface area contributed by atoms with Crippen LogP contribution in [0.25, 0.3) is 0 Å². The standard InChI is InChI=1S/C18H35N3O4/c1-14(2)12-21(13-15(3)4)11-5-6-16(22)19-9-7-17(23)20-10-8-18(24)25/h14-15H,5-13H2,1-4H3,(H,19,22)(H,20,23)(H,24,25). The summed E-state index contributed by atoms with van der Waals surface area (Å²) in [5.74, 6) is -0.0361. The topological polar surface area (TPSA) is 98.7 Å². The van der Waals surface area contributed by atoms with Gasteiger partial charge in [0.05, 0.1) is 6.42 Å². The Bertz CT molecular complexity index is 401. The molecule has 146 valence electrons. The highest BCUT2D eigenvalue weighted by atomic mass is 16.4. The fourth-order valence-corrected chi connectivity index (χ4v) is 2.55. The van der Waals surface area contributed by atoms with Crippen LogP contribution in [0.2, 0.25) is 0 Å². The lowest BCUT2D eigenvalue weighted by atomic mass is 10.1. The average Bonchev–Trinajstić information content (AvgIpc) is 2.45. The second-order valence-corrected chi connectivity index (χ2v) is 7.24. The molecule has 0 bridgehead atoms. The number of amides is 2. The summed E-state index contributed by atoms with van der Waals surface area (Å²) in [6.07, 6.45) is 1.32. The Morgan fingerprint density at radius 2 is 1.32 bits per heavy atom. The van der Waals surface area contributed by atoms with Crippen molar-refractivity contribution >= 4 is 17.8 Å². The molecule has 0 aliphatic carbocycles. The number of aliphatic carboxylic acids is 1. The van der Waals surface area contributed by atoms with Gasteiger partial charge in [-0.1, -0.05) is 27.7 Å². The minimum absolute atomic E-state index is 0.0487. The van der Waals surface area contributed by atoms with Crippen LogP contribution in [0.15, 0.2) is 0 Å². The molecular formula is C18H35N3O4. The van der Waals surface area contributed by atoms with Gasteiger partial charge in [0.1, 0.15) is 0 Å². The molecule has 0 aliphatic heterocycles. The van der Waals surface area contributed by atoms with E-state index in [4.69, 9.17) is 5.11 Å². The van der Waals surface area contributed by atoms with Crippen molar-refractivity contribution in [3.05, 3.63) is 0 Å². The van der Waals surface area contributed by atoms with Crippen LogP contribution in [0.5, 0.6) is 0 Å². The normalized spacial score (nSPS) is 11.2. The molecule has 2 amide bonds.